The van der Waals surface area contributed by atoms with Gasteiger partial charge >= 0.3 is 5.97 Å². The molecule has 0 aromatic heterocycles. The molecule has 3 heteroatoms. The first-order valence-corrected chi connectivity index (χ1v) is 3.76. The minimum absolute atomic E-state index is 0.225. The molecule has 68 valence electrons. The third-order valence-electron chi connectivity index (χ3n) is 1.47. The molecule has 0 radical (unpaired) electrons. The number of ether oxygens (including phenoxy) is 1. The third kappa shape index (κ3) is 3.34. The molecular formula is C9H14O3. The lowest BCUT2D eigenvalue weighted by Gasteiger charge is -2.24. The molecule has 0 rings (SSSR count). The Kier molecular flexibility index (Phi) is 4.29. The summed E-state index contributed by atoms with van der Waals surface area (Å²) in [4.78, 5) is 10.7. The van der Waals surface area contributed by atoms with Crippen molar-refractivity contribution in [3.8, 4) is 0 Å². The molecule has 1 N–H and O–H groups in total. The molecule has 1 atom stereocenters. The lowest BCUT2D eigenvalue weighted by Crippen LogP contribution is -2.32. The average molecular weight is 170 g/mol. The van der Waals surface area contributed by atoms with Crippen molar-refractivity contribution in [2.75, 3.05) is 0 Å². The van der Waals surface area contributed by atoms with Gasteiger partial charge in [-0.25, -0.2) is 4.79 Å². The molecule has 0 amide bonds. The molecule has 0 bridgehead atoms. The Morgan fingerprint density at radius 3 is 2.58 bits per heavy atom. The Morgan fingerprint density at radius 2 is 2.25 bits per heavy atom. The van der Waals surface area contributed by atoms with Gasteiger partial charge in [0.1, 0.15) is 0 Å². The van der Waals surface area contributed by atoms with Crippen LogP contribution in [0.4, 0.5) is 0 Å². The summed E-state index contributed by atoms with van der Waals surface area (Å²) in [5, 5.41) is 9.56. The molecular weight excluding hydrogens is 156 g/mol. The smallest absolute Gasteiger partial charge is 0.332 e. The van der Waals surface area contributed by atoms with E-state index in [1.807, 2.05) is 0 Å². The van der Waals surface area contributed by atoms with Crippen molar-refractivity contribution in [3.63, 3.8) is 0 Å². The Labute approximate surface area is 72.3 Å². The quantitative estimate of drug-likeness (QED) is 0.293. The van der Waals surface area contributed by atoms with Crippen LogP contribution < -0.4 is 0 Å². The van der Waals surface area contributed by atoms with Gasteiger partial charge in [-0.2, -0.15) is 0 Å². The molecule has 0 saturated heterocycles. The van der Waals surface area contributed by atoms with E-state index in [0.29, 0.717) is 6.42 Å². The van der Waals surface area contributed by atoms with Gasteiger partial charge in [-0.3, -0.25) is 0 Å². The minimum atomic E-state index is -1.42. The van der Waals surface area contributed by atoms with Gasteiger partial charge in [-0.1, -0.05) is 19.6 Å². The first-order valence-electron chi connectivity index (χ1n) is 3.76. The summed E-state index contributed by atoms with van der Waals surface area (Å²) < 4.78 is 4.70. The minimum Gasteiger partial charge on any atom is -0.430 e. The number of hydrogen-bond donors (Lipinski definition) is 1. The van der Waals surface area contributed by atoms with Crippen LogP contribution in [0.5, 0.6) is 0 Å². The number of rotatable bonds is 5. The van der Waals surface area contributed by atoms with Crippen LogP contribution in [0.2, 0.25) is 0 Å². The molecule has 3 nitrogen and oxygen atoms in total. The number of hydrogen-bond acceptors (Lipinski definition) is 3. The Balaban J connectivity index is 4.21. The van der Waals surface area contributed by atoms with Crippen molar-refractivity contribution >= 4 is 5.97 Å². The van der Waals surface area contributed by atoms with Gasteiger partial charge in [0.15, 0.2) is 0 Å². The Bertz CT molecular complexity index is 186. The van der Waals surface area contributed by atoms with E-state index in [-0.39, 0.29) is 6.42 Å². The van der Waals surface area contributed by atoms with E-state index in [0.717, 1.165) is 6.08 Å². The molecule has 0 spiro atoms. The van der Waals surface area contributed by atoms with Crippen LogP contribution in [0.3, 0.4) is 0 Å². The zero-order chi connectivity index (χ0) is 9.61. The van der Waals surface area contributed by atoms with Gasteiger partial charge in [0.25, 0.3) is 0 Å². The first-order chi connectivity index (χ1) is 5.58. The summed E-state index contributed by atoms with van der Waals surface area (Å²) >= 11 is 0. The fourth-order valence-electron chi connectivity index (χ4n) is 0.713. The fourth-order valence-corrected chi connectivity index (χ4v) is 0.713. The summed E-state index contributed by atoms with van der Waals surface area (Å²) in [6.07, 6.45) is 3.07. The molecule has 0 saturated carbocycles. The molecule has 0 fully saturated rings. The fraction of sp³-hybridized carbons (Fsp3) is 0.444. The number of aliphatic hydroxyl groups is 1. The zero-order valence-corrected chi connectivity index (χ0v) is 7.25. The normalized spacial score (nSPS) is 14.5. The number of esters is 1. The molecule has 0 aliphatic carbocycles. The standard InChI is InChI=1S/C9H14O3/c1-4-7-9(11,6-3)12-8(10)5-2/h4-5,11H,1-2,6-7H2,3H3. The van der Waals surface area contributed by atoms with E-state index in [2.05, 4.69) is 13.2 Å². The van der Waals surface area contributed by atoms with Crippen LogP contribution in [-0.2, 0) is 9.53 Å². The highest BCUT2D eigenvalue weighted by Crippen LogP contribution is 2.17. The van der Waals surface area contributed by atoms with Gasteiger partial charge < -0.3 is 9.84 Å². The molecule has 0 aliphatic rings. The largest absolute Gasteiger partial charge is 0.430 e. The van der Waals surface area contributed by atoms with Crippen molar-refractivity contribution in [1.82, 2.24) is 0 Å². The molecule has 12 heavy (non-hydrogen) atoms. The van der Waals surface area contributed by atoms with Crippen molar-refractivity contribution in [3.05, 3.63) is 25.3 Å². The lowest BCUT2D eigenvalue weighted by atomic mass is 10.1. The summed E-state index contributed by atoms with van der Waals surface area (Å²) in [5.74, 6) is -2.05. The second-order valence-electron chi connectivity index (χ2n) is 2.42. The summed E-state index contributed by atoms with van der Waals surface area (Å²) in [6.45, 7) is 8.40. The Morgan fingerprint density at radius 1 is 1.67 bits per heavy atom. The monoisotopic (exact) mass is 170 g/mol. The summed E-state index contributed by atoms with van der Waals surface area (Å²) in [5.41, 5.74) is 0. The highest BCUT2D eigenvalue weighted by Gasteiger charge is 2.26. The first kappa shape index (κ1) is 10.9. The second-order valence-corrected chi connectivity index (χ2v) is 2.42. The van der Waals surface area contributed by atoms with Gasteiger partial charge in [0.05, 0.1) is 0 Å². The highest BCUT2D eigenvalue weighted by molar-refractivity contribution is 5.81. The summed E-state index contributed by atoms with van der Waals surface area (Å²) in [7, 11) is 0. The van der Waals surface area contributed by atoms with Gasteiger partial charge in [-0.15, -0.1) is 6.58 Å². The van der Waals surface area contributed by atoms with E-state index >= 15 is 0 Å². The van der Waals surface area contributed by atoms with Crippen molar-refractivity contribution in [1.29, 1.82) is 0 Å². The van der Waals surface area contributed by atoms with Crippen LogP contribution in [0.1, 0.15) is 19.8 Å². The Hall–Kier alpha value is -1.09. The van der Waals surface area contributed by atoms with Crippen LogP contribution >= 0.6 is 0 Å². The van der Waals surface area contributed by atoms with Crippen LogP contribution in [0.15, 0.2) is 25.3 Å². The van der Waals surface area contributed by atoms with Gasteiger partial charge in [0.2, 0.25) is 5.79 Å². The van der Waals surface area contributed by atoms with E-state index in [9.17, 15) is 9.90 Å². The maximum Gasteiger partial charge on any atom is 0.332 e. The van der Waals surface area contributed by atoms with Gasteiger partial charge in [-0.05, 0) is 0 Å². The van der Waals surface area contributed by atoms with Crippen LogP contribution in [-0.4, -0.2) is 16.9 Å². The van der Waals surface area contributed by atoms with Crippen LogP contribution in [0, 0.1) is 0 Å². The number of carbonyl (C=O) groups is 1. The van der Waals surface area contributed by atoms with E-state index < -0.39 is 11.8 Å². The zero-order valence-electron chi connectivity index (χ0n) is 7.25. The SMILES string of the molecule is C=CCC(O)(CC)OC(=O)C=C. The highest BCUT2D eigenvalue weighted by atomic mass is 16.7. The molecule has 1 unspecified atom stereocenters. The summed E-state index contributed by atoms with van der Waals surface area (Å²) in [6, 6.07) is 0. The van der Waals surface area contributed by atoms with Crippen molar-refractivity contribution in [2.45, 2.75) is 25.6 Å². The topological polar surface area (TPSA) is 46.5 Å². The maximum atomic E-state index is 10.7. The predicted octanol–water partition coefficient (Wildman–Crippen LogP) is 1.39. The van der Waals surface area contributed by atoms with Crippen molar-refractivity contribution < 1.29 is 14.6 Å². The number of carbonyl (C=O) groups excluding carboxylic acids is 1. The average Bonchev–Trinajstić information content (AvgIpc) is 2.05. The molecule has 0 aliphatic heterocycles. The van der Waals surface area contributed by atoms with Crippen molar-refractivity contribution in [2.24, 2.45) is 0 Å². The van der Waals surface area contributed by atoms with E-state index in [1.54, 1.807) is 6.92 Å². The molecule has 0 aromatic rings. The van der Waals surface area contributed by atoms with Crippen LogP contribution in [0.25, 0.3) is 0 Å². The maximum absolute atomic E-state index is 10.7. The van der Waals surface area contributed by atoms with Gasteiger partial charge in [0, 0.05) is 18.9 Å². The molecule has 0 heterocycles. The van der Waals surface area contributed by atoms with E-state index in [1.165, 1.54) is 6.08 Å². The lowest BCUT2D eigenvalue weighted by molar-refractivity contribution is -0.203. The third-order valence-corrected chi connectivity index (χ3v) is 1.47. The second kappa shape index (κ2) is 4.72. The molecule has 0 aromatic carbocycles. The van der Waals surface area contributed by atoms with E-state index in [4.69, 9.17) is 4.74 Å². The predicted molar refractivity (Wildman–Crippen MR) is 46.3 cm³/mol.